The molecule has 1 aliphatic heterocycles. The van der Waals surface area contributed by atoms with Gasteiger partial charge in [0, 0.05) is 35.3 Å². The van der Waals surface area contributed by atoms with E-state index >= 15 is 0 Å². The SMILES string of the molecule is O=Cc1ccc(N2CCC(C(=O)NC3(c4ccc(Cl)cc4)CC3)CC2)cc1. The fourth-order valence-electron chi connectivity index (χ4n) is 3.88. The average Bonchev–Trinajstić information content (AvgIpc) is 3.49. The number of piperidine rings is 1. The largest absolute Gasteiger partial charge is 0.371 e. The number of nitrogens with one attached hydrogen (secondary N) is 1. The third-order valence-corrected chi connectivity index (χ3v) is 6.02. The summed E-state index contributed by atoms with van der Waals surface area (Å²) in [7, 11) is 0. The van der Waals surface area contributed by atoms with Crippen LogP contribution in [0.25, 0.3) is 0 Å². The Labute approximate surface area is 164 Å². The van der Waals surface area contributed by atoms with Gasteiger partial charge in [0.15, 0.2) is 0 Å². The zero-order chi connectivity index (χ0) is 18.9. The summed E-state index contributed by atoms with van der Waals surface area (Å²) in [6.45, 7) is 1.71. The number of rotatable bonds is 5. The van der Waals surface area contributed by atoms with Gasteiger partial charge in [-0.2, -0.15) is 0 Å². The van der Waals surface area contributed by atoms with Crippen molar-refractivity contribution >= 4 is 29.5 Å². The van der Waals surface area contributed by atoms with Crippen LogP contribution in [0.3, 0.4) is 0 Å². The minimum atomic E-state index is -0.191. The molecule has 4 nitrogen and oxygen atoms in total. The molecule has 1 N–H and O–H groups in total. The van der Waals surface area contributed by atoms with E-state index in [-0.39, 0.29) is 17.4 Å². The van der Waals surface area contributed by atoms with Crippen molar-refractivity contribution in [2.24, 2.45) is 5.92 Å². The minimum absolute atomic E-state index is 0.0558. The number of hydrogen-bond acceptors (Lipinski definition) is 3. The van der Waals surface area contributed by atoms with E-state index in [0.29, 0.717) is 5.56 Å². The van der Waals surface area contributed by atoms with Crippen LogP contribution in [0.15, 0.2) is 48.5 Å². The second kappa shape index (κ2) is 7.35. The van der Waals surface area contributed by atoms with Gasteiger partial charge in [-0.3, -0.25) is 9.59 Å². The zero-order valence-electron chi connectivity index (χ0n) is 15.2. The second-order valence-electron chi connectivity index (χ2n) is 7.55. The highest BCUT2D eigenvalue weighted by molar-refractivity contribution is 6.30. The van der Waals surface area contributed by atoms with Crippen LogP contribution in [-0.2, 0) is 10.3 Å². The molecule has 0 spiro atoms. The molecule has 2 aliphatic rings. The number of amides is 1. The summed E-state index contributed by atoms with van der Waals surface area (Å²) in [5.41, 5.74) is 2.75. The Kier molecular flexibility index (Phi) is 4.92. The van der Waals surface area contributed by atoms with E-state index in [1.165, 1.54) is 0 Å². The molecule has 140 valence electrons. The van der Waals surface area contributed by atoms with Crippen LogP contribution >= 0.6 is 11.6 Å². The van der Waals surface area contributed by atoms with E-state index in [2.05, 4.69) is 10.2 Å². The van der Waals surface area contributed by atoms with Crippen LogP contribution in [0.1, 0.15) is 41.6 Å². The van der Waals surface area contributed by atoms with Gasteiger partial charge in [-0.25, -0.2) is 0 Å². The molecule has 2 fully saturated rings. The number of benzene rings is 2. The summed E-state index contributed by atoms with van der Waals surface area (Å²) in [4.78, 5) is 25.9. The molecule has 27 heavy (non-hydrogen) atoms. The summed E-state index contributed by atoms with van der Waals surface area (Å²) < 4.78 is 0. The molecular weight excluding hydrogens is 360 g/mol. The molecule has 1 saturated heterocycles. The monoisotopic (exact) mass is 382 g/mol. The predicted molar refractivity (Wildman–Crippen MR) is 107 cm³/mol. The smallest absolute Gasteiger partial charge is 0.223 e. The first-order valence-electron chi connectivity index (χ1n) is 9.48. The molecule has 0 radical (unpaired) electrons. The van der Waals surface area contributed by atoms with Gasteiger partial charge in [-0.05, 0) is 67.6 Å². The average molecular weight is 383 g/mol. The van der Waals surface area contributed by atoms with Gasteiger partial charge in [0.25, 0.3) is 0 Å². The van der Waals surface area contributed by atoms with E-state index in [0.717, 1.165) is 61.3 Å². The molecule has 1 heterocycles. The van der Waals surface area contributed by atoms with Crippen molar-refractivity contribution in [3.8, 4) is 0 Å². The van der Waals surface area contributed by atoms with Gasteiger partial charge < -0.3 is 10.2 Å². The molecular formula is C22H23ClN2O2. The fraction of sp³-hybridized carbons (Fsp3) is 0.364. The van der Waals surface area contributed by atoms with Crippen molar-refractivity contribution < 1.29 is 9.59 Å². The summed E-state index contributed by atoms with van der Waals surface area (Å²) in [6.07, 6.45) is 4.52. The normalized spacial score (nSPS) is 18.8. The molecule has 1 aliphatic carbocycles. The number of aldehydes is 1. The number of carbonyl (C=O) groups is 2. The molecule has 1 saturated carbocycles. The summed E-state index contributed by atoms with van der Waals surface area (Å²) in [5.74, 6) is 0.221. The molecule has 1 amide bonds. The van der Waals surface area contributed by atoms with Crippen molar-refractivity contribution in [2.45, 2.75) is 31.2 Å². The van der Waals surface area contributed by atoms with E-state index in [1.54, 1.807) is 0 Å². The van der Waals surface area contributed by atoms with Crippen molar-refractivity contribution in [2.75, 3.05) is 18.0 Å². The Balaban J connectivity index is 1.34. The van der Waals surface area contributed by atoms with Crippen molar-refractivity contribution in [1.82, 2.24) is 5.32 Å². The number of nitrogens with zero attached hydrogens (tertiary/aromatic N) is 1. The minimum Gasteiger partial charge on any atom is -0.371 e. The van der Waals surface area contributed by atoms with Gasteiger partial charge >= 0.3 is 0 Å². The van der Waals surface area contributed by atoms with Gasteiger partial charge in [-0.1, -0.05) is 23.7 Å². The predicted octanol–water partition coefficient (Wildman–Crippen LogP) is 4.17. The number of hydrogen-bond donors (Lipinski definition) is 1. The molecule has 0 aromatic heterocycles. The van der Waals surface area contributed by atoms with Crippen molar-refractivity contribution in [1.29, 1.82) is 0 Å². The highest BCUT2D eigenvalue weighted by Crippen LogP contribution is 2.46. The lowest BCUT2D eigenvalue weighted by Gasteiger charge is -2.34. The quantitative estimate of drug-likeness (QED) is 0.789. The van der Waals surface area contributed by atoms with Crippen LogP contribution in [-0.4, -0.2) is 25.3 Å². The summed E-state index contributed by atoms with van der Waals surface area (Å²) in [5, 5.41) is 4.02. The maximum atomic E-state index is 12.8. The van der Waals surface area contributed by atoms with E-state index < -0.39 is 0 Å². The topological polar surface area (TPSA) is 49.4 Å². The number of halogens is 1. The lowest BCUT2D eigenvalue weighted by molar-refractivity contribution is -0.126. The first kappa shape index (κ1) is 18.1. The van der Waals surface area contributed by atoms with Gasteiger partial charge in [-0.15, -0.1) is 0 Å². The van der Waals surface area contributed by atoms with Crippen molar-refractivity contribution in [3.05, 3.63) is 64.7 Å². The number of carbonyl (C=O) groups excluding carboxylic acids is 2. The Bertz CT molecular complexity index is 820. The first-order chi connectivity index (χ1) is 13.1. The van der Waals surface area contributed by atoms with Crippen molar-refractivity contribution in [3.63, 3.8) is 0 Å². The lowest BCUT2D eigenvalue weighted by atomic mass is 9.94. The van der Waals surface area contributed by atoms with Crippen LogP contribution in [0.5, 0.6) is 0 Å². The maximum Gasteiger partial charge on any atom is 0.223 e. The van der Waals surface area contributed by atoms with E-state index in [4.69, 9.17) is 11.6 Å². The molecule has 5 heteroatoms. The van der Waals surface area contributed by atoms with Gasteiger partial charge in [0.2, 0.25) is 5.91 Å². The summed E-state index contributed by atoms with van der Waals surface area (Å²) >= 11 is 5.98. The molecule has 2 aromatic rings. The fourth-order valence-corrected chi connectivity index (χ4v) is 4.01. The molecule has 0 atom stereocenters. The first-order valence-corrected chi connectivity index (χ1v) is 9.86. The van der Waals surface area contributed by atoms with E-state index in [9.17, 15) is 9.59 Å². The number of anilines is 1. The summed E-state index contributed by atoms with van der Waals surface area (Å²) in [6, 6.07) is 15.4. The van der Waals surface area contributed by atoms with Crippen LogP contribution in [0.4, 0.5) is 5.69 Å². The van der Waals surface area contributed by atoms with Gasteiger partial charge in [0.05, 0.1) is 5.54 Å². The van der Waals surface area contributed by atoms with Gasteiger partial charge in [0.1, 0.15) is 6.29 Å². The zero-order valence-corrected chi connectivity index (χ0v) is 15.9. The van der Waals surface area contributed by atoms with Crippen LogP contribution in [0.2, 0.25) is 5.02 Å². The Morgan fingerprint density at radius 3 is 2.22 bits per heavy atom. The van der Waals surface area contributed by atoms with Crippen LogP contribution < -0.4 is 10.2 Å². The Hall–Kier alpha value is -2.33. The standard InChI is InChI=1S/C22H23ClN2O2/c23-19-5-3-18(4-6-19)22(11-12-22)24-21(27)17-9-13-25(14-10-17)20-7-1-16(15-26)2-8-20/h1-8,15,17H,9-14H2,(H,24,27). The molecule has 0 bridgehead atoms. The Morgan fingerprint density at radius 1 is 1.04 bits per heavy atom. The third-order valence-electron chi connectivity index (χ3n) is 5.77. The van der Waals surface area contributed by atoms with E-state index in [1.807, 2.05) is 48.5 Å². The highest BCUT2D eigenvalue weighted by atomic mass is 35.5. The third kappa shape index (κ3) is 3.86. The molecule has 2 aromatic carbocycles. The molecule has 4 rings (SSSR count). The Morgan fingerprint density at radius 2 is 1.67 bits per heavy atom. The van der Waals surface area contributed by atoms with Crippen LogP contribution in [0, 0.1) is 5.92 Å². The second-order valence-corrected chi connectivity index (χ2v) is 7.99. The lowest BCUT2D eigenvalue weighted by Crippen LogP contribution is -2.44. The molecule has 0 unspecified atom stereocenters. The maximum absolute atomic E-state index is 12.8. The highest BCUT2D eigenvalue weighted by Gasteiger charge is 2.46.